The molecule has 4 nitrogen and oxygen atoms in total. The van der Waals surface area contributed by atoms with Crippen LogP contribution in [-0.4, -0.2) is 15.7 Å². The molecule has 3 aromatic rings. The number of amides is 1. The predicted molar refractivity (Wildman–Crippen MR) is 80.9 cm³/mol. The Morgan fingerprint density at radius 1 is 1.35 bits per heavy atom. The van der Waals surface area contributed by atoms with Gasteiger partial charge < -0.3 is 5.32 Å². The van der Waals surface area contributed by atoms with E-state index in [0.29, 0.717) is 6.54 Å². The number of benzene rings is 1. The van der Waals surface area contributed by atoms with E-state index >= 15 is 0 Å². The molecule has 0 aliphatic carbocycles. The van der Waals surface area contributed by atoms with E-state index in [-0.39, 0.29) is 5.91 Å². The molecular weight excluding hydrogens is 270 g/mol. The highest BCUT2D eigenvalue weighted by molar-refractivity contribution is 7.20. The number of carbonyl (C=O) groups excluding carboxylic acids is 1. The van der Waals surface area contributed by atoms with Crippen molar-refractivity contribution in [2.75, 3.05) is 0 Å². The lowest BCUT2D eigenvalue weighted by molar-refractivity contribution is 0.0955. The normalized spacial score (nSPS) is 10.9. The second-order valence-electron chi connectivity index (χ2n) is 4.71. The Balaban J connectivity index is 1.77. The molecule has 1 aromatic carbocycles. The van der Waals surface area contributed by atoms with Gasteiger partial charge in [-0.3, -0.25) is 9.48 Å². The first-order valence-corrected chi connectivity index (χ1v) is 7.22. The number of nitrogens with one attached hydrogen (secondary N) is 1. The van der Waals surface area contributed by atoms with Gasteiger partial charge in [0, 0.05) is 19.0 Å². The molecule has 0 aliphatic heterocycles. The average Bonchev–Trinajstić information content (AvgIpc) is 3.00. The lowest BCUT2D eigenvalue weighted by atomic mass is 10.2. The SMILES string of the molecule is Cc1nn(C)c2sc(C(=O)NCc3ccccc3)cc12. The van der Waals surface area contributed by atoms with Gasteiger partial charge in [0.1, 0.15) is 4.83 Å². The monoisotopic (exact) mass is 285 g/mol. The van der Waals surface area contributed by atoms with E-state index in [0.717, 1.165) is 26.4 Å². The van der Waals surface area contributed by atoms with Crippen LogP contribution in [0.5, 0.6) is 0 Å². The maximum atomic E-state index is 12.2. The molecule has 5 heteroatoms. The molecule has 0 spiro atoms. The number of aryl methyl sites for hydroxylation is 2. The van der Waals surface area contributed by atoms with E-state index in [1.165, 1.54) is 11.3 Å². The summed E-state index contributed by atoms with van der Waals surface area (Å²) in [5.74, 6) is -0.0329. The van der Waals surface area contributed by atoms with Crippen LogP contribution in [0.4, 0.5) is 0 Å². The van der Waals surface area contributed by atoms with Gasteiger partial charge in [-0.1, -0.05) is 30.3 Å². The van der Waals surface area contributed by atoms with Crippen LogP contribution in [0.15, 0.2) is 36.4 Å². The van der Waals surface area contributed by atoms with E-state index in [9.17, 15) is 4.79 Å². The maximum absolute atomic E-state index is 12.2. The summed E-state index contributed by atoms with van der Waals surface area (Å²) in [6.07, 6.45) is 0. The second-order valence-corrected chi connectivity index (χ2v) is 5.74. The van der Waals surface area contributed by atoms with Crippen LogP contribution in [0.2, 0.25) is 0 Å². The molecule has 1 N–H and O–H groups in total. The summed E-state index contributed by atoms with van der Waals surface area (Å²) in [4.78, 5) is 13.9. The molecule has 0 bridgehead atoms. The highest BCUT2D eigenvalue weighted by Gasteiger charge is 2.14. The van der Waals surface area contributed by atoms with E-state index in [1.807, 2.05) is 55.1 Å². The van der Waals surface area contributed by atoms with E-state index in [2.05, 4.69) is 10.4 Å². The van der Waals surface area contributed by atoms with Crippen molar-refractivity contribution in [3.63, 3.8) is 0 Å². The van der Waals surface area contributed by atoms with Crippen molar-refractivity contribution in [1.82, 2.24) is 15.1 Å². The minimum atomic E-state index is -0.0329. The topological polar surface area (TPSA) is 46.9 Å². The largest absolute Gasteiger partial charge is 0.347 e. The van der Waals surface area contributed by atoms with Crippen LogP contribution in [0.1, 0.15) is 20.9 Å². The Kier molecular flexibility index (Phi) is 3.28. The van der Waals surface area contributed by atoms with Gasteiger partial charge in [-0.2, -0.15) is 5.10 Å². The molecule has 2 aromatic heterocycles. The third-order valence-corrected chi connectivity index (χ3v) is 4.42. The second kappa shape index (κ2) is 5.09. The average molecular weight is 285 g/mol. The van der Waals surface area contributed by atoms with Gasteiger partial charge in [0.05, 0.1) is 10.6 Å². The fourth-order valence-corrected chi connectivity index (χ4v) is 3.22. The third kappa shape index (κ3) is 2.32. The quantitative estimate of drug-likeness (QED) is 0.804. The molecule has 0 atom stereocenters. The fraction of sp³-hybridized carbons (Fsp3) is 0.200. The summed E-state index contributed by atoms with van der Waals surface area (Å²) < 4.78 is 1.82. The molecule has 0 saturated heterocycles. The molecule has 0 radical (unpaired) electrons. The van der Waals surface area contributed by atoms with Crippen molar-refractivity contribution < 1.29 is 4.79 Å². The first kappa shape index (κ1) is 12.9. The van der Waals surface area contributed by atoms with Crippen molar-refractivity contribution in [3.05, 3.63) is 52.5 Å². The minimum absolute atomic E-state index is 0.0329. The van der Waals surface area contributed by atoms with Crippen LogP contribution in [-0.2, 0) is 13.6 Å². The first-order valence-electron chi connectivity index (χ1n) is 6.40. The van der Waals surface area contributed by atoms with Gasteiger partial charge in [0.15, 0.2) is 0 Å². The van der Waals surface area contributed by atoms with Crippen molar-refractivity contribution in [2.24, 2.45) is 7.05 Å². The van der Waals surface area contributed by atoms with E-state index in [4.69, 9.17) is 0 Å². The Bertz CT molecular complexity index is 724. The smallest absolute Gasteiger partial charge is 0.261 e. The molecule has 1 amide bonds. The van der Waals surface area contributed by atoms with Crippen molar-refractivity contribution >= 4 is 27.5 Å². The van der Waals surface area contributed by atoms with Crippen LogP contribution < -0.4 is 5.32 Å². The molecule has 102 valence electrons. The van der Waals surface area contributed by atoms with Crippen LogP contribution in [0.25, 0.3) is 10.2 Å². The Hall–Kier alpha value is -2.14. The molecule has 0 fully saturated rings. The number of hydrogen-bond donors (Lipinski definition) is 1. The summed E-state index contributed by atoms with van der Waals surface area (Å²) in [5, 5.41) is 8.34. The number of aromatic nitrogens is 2. The zero-order chi connectivity index (χ0) is 14.1. The van der Waals surface area contributed by atoms with Gasteiger partial charge in [0.2, 0.25) is 0 Å². The Morgan fingerprint density at radius 3 is 2.80 bits per heavy atom. The van der Waals surface area contributed by atoms with Crippen LogP contribution in [0.3, 0.4) is 0 Å². The molecule has 0 aliphatic rings. The van der Waals surface area contributed by atoms with Gasteiger partial charge in [-0.25, -0.2) is 0 Å². The molecule has 3 rings (SSSR count). The van der Waals surface area contributed by atoms with E-state index < -0.39 is 0 Å². The number of carbonyl (C=O) groups is 1. The molecule has 20 heavy (non-hydrogen) atoms. The van der Waals surface area contributed by atoms with Gasteiger partial charge >= 0.3 is 0 Å². The highest BCUT2D eigenvalue weighted by Crippen LogP contribution is 2.27. The summed E-state index contributed by atoms with van der Waals surface area (Å²) in [5.41, 5.74) is 2.06. The number of fused-ring (bicyclic) bond motifs is 1. The number of nitrogens with zero attached hydrogens (tertiary/aromatic N) is 2. The first-order chi connectivity index (χ1) is 9.65. The lowest BCUT2D eigenvalue weighted by Crippen LogP contribution is -2.21. The predicted octanol–water partition coefficient (Wildman–Crippen LogP) is 2.87. The standard InChI is InChI=1S/C15H15N3OS/c1-10-12-8-13(20-15(12)18(2)17-10)14(19)16-9-11-6-4-3-5-7-11/h3-8H,9H2,1-2H3,(H,16,19). The molecular formula is C15H15N3OS. The summed E-state index contributed by atoms with van der Waals surface area (Å²) in [6, 6.07) is 11.8. The number of hydrogen-bond acceptors (Lipinski definition) is 3. The number of rotatable bonds is 3. The fourth-order valence-electron chi connectivity index (χ4n) is 2.18. The maximum Gasteiger partial charge on any atom is 0.261 e. The van der Waals surface area contributed by atoms with Gasteiger partial charge in [-0.05, 0) is 18.6 Å². The third-order valence-electron chi connectivity index (χ3n) is 3.22. The Morgan fingerprint density at radius 2 is 2.10 bits per heavy atom. The van der Waals surface area contributed by atoms with Crippen LogP contribution >= 0.6 is 11.3 Å². The minimum Gasteiger partial charge on any atom is -0.347 e. The number of thiophene rings is 1. The van der Waals surface area contributed by atoms with Crippen molar-refractivity contribution in [1.29, 1.82) is 0 Å². The van der Waals surface area contributed by atoms with Crippen molar-refractivity contribution in [2.45, 2.75) is 13.5 Å². The van der Waals surface area contributed by atoms with Gasteiger partial charge in [-0.15, -0.1) is 11.3 Å². The zero-order valence-corrected chi connectivity index (χ0v) is 12.2. The van der Waals surface area contributed by atoms with Crippen molar-refractivity contribution in [3.8, 4) is 0 Å². The zero-order valence-electron chi connectivity index (χ0n) is 11.4. The molecule has 0 unspecified atom stereocenters. The summed E-state index contributed by atoms with van der Waals surface area (Å²) >= 11 is 1.48. The molecule has 0 saturated carbocycles. The summed E-state index contributed by atoms with van der Waals surface area (Å²) in [6.45, 7) is 2.51. The molecule has 2 heterocycles. The van der Waals surface area contributed by atoms with Gasteiger partial charge in [0.25, 0.3) is 5.91 Å². The van der Waals surface area contributed by atoms with Crippen LogP contribution in [0, 0.1) is 6.92 Å². The highest BCUT2D eigenvalue weighted by atomic mass is 32.1. The van der Waals surface area contributed by atoms with E-state index in [1.54, 1.807) is 0 Å². The lowest BCUT2D eigenvalue weighted by Gasteiger charge is -2.03. The Labute approximate surface area is 121 Å². The summed E-state index contributed by atoms with van der Waals surface area (Å²) in [7, 11) is 1.90.